The molecule has 5 heteroatoms. The van der Waals surface area contributed by atoms with Gasteiger partial charge in [-0.2, -0.15) is 0 Å². The van der Waals surface area contributed by atoms with Gasteiger partial charge in [0.2, 0.25) is 0 Å². The van der Waals surface area contributed by atoms with Gasteiger partial charge in [0, 0.05) is 17.8 Å². The molecule has 0 saturated heterocycles. The van der Waals surface area contributed by atoms with Crippen molar-refractivity contribution in [2.75, 3.05) is 0 Å². The van der Waals surface area contributed by atoms with Crippen LogP contribution in [0.25, 0.3) is 0 Å². The minimum Gasteiger partial charge on any atom is -0.486 e. The first kappa shape index (κ1) is 15.0. The molecule has 0 aliphatic rings. The van der Waals surface area contributed by atoms with E-state index in [9.17, 15) is 4.79 Å². The van der Waals surface area contributed by atoms with Gasteiger partial charge in [-0.1, -0.05) is 18.2 Å². The number of ether oxygens (including phenoxy) is 1. The van der Waals surface area contributed by atoms with Crippen LogP contribution in [-0.2, 0) is 17.8 Å². The minimum absolute atomic E-state index is 0.0882. The van der Waals surface area contributed by atoms with Gasteiger partial charge in [-0.05, 0) is 38.0 Å². The van der Waals surface area contributed by atoms with Crippen LogP contribution in [0.4, 0.5) is 0 Å². The molecule has 5 nitrogen and oxygen atoms in total. The molecule has 1 heterocycles. The van der Waals surface area contributed by atoms with Crippen molar-refractivity contribution >= 4 is 5.97 Å². The van der Waals surface area contributed by atoms with E-state index in [0.29, 0.717) is 18.9 Å². The van der Waals surface area contributed by atoms with Crippen molar-refractivity contribution < 1.29 is 14.6 Å². The van der Waals surface area contributed by atoms with E-state index >= 15 is 0 Å². The predicted octanol–water partition coefficient (Wildman–Crippen LogP) is 2.69. The van der Waals surface area contributed by atoms with Crippen molar-refractivity contribution in [3.63, 3.8) is 0 Å². The number of hydrogen-bond donors (Lipinski definition) is 1. The SMILES string of the molecule is Cc1nc(COc2ccccc2)nc(C)c1CCC(=O)O. The van der Waals surface area contributed by atoms with Crippen LogP contribution in [0.5, 0.6) is 5.75 Å². The van der Waals surface area contributed by atoms with Crippen molar-refractivity contribution in [3.05, 3.63) is 53.1 Å². The average Bonchev–Trinajstić information content (AvgIpc) is 2.45. The summed E-state index contributed by atoms with van der Waals surface area (Å²) >= 11 is 0. The van der Waals surface area contributed by atoms with Gasteiger partial charge in [-0.25, -0.2) is 9.97 Å². The molecule has 0 spiro atoms. The first-order valence-corrected chi connectivity index (χ1v) is 6.79. The number of nitrogens with zero attached hydrogens (tertiary/aromatic N) is 2. The van der Waals surface area contributed by atoms with Crippen LogP contribution in [0, 0.1) is 13.8 Å². The Morgan fingerprint density at radius 3 is 2.33 bits per heavy atom. The van der Waals surface area contributed by atoms with E-state index in [-0.39, 0.29) is 6.42 Å². The lowest BCUT2D eigenvalue weighted by atomic mass is 10.1. The van der Waals surface area contributed by atoms with Crippen molar-refractivity contribution in [2.24, 2.45) is 0 Å². The Morgan fingerprint density at radius 2 is 1.76 bits per heavy atom. The van der Waals surface area contributed by atoms with E-state index < -0.39 is 5.97 Å². The first-order valence-electron chi connectivity index (χ1n) is 6.79. The zero-order chi connectivity index (χ0) is 15.2. The highest BCUT2D eigenvalue weighted by atomic mass is 16.5. The smallest absolute Gasteiger partial charge is 0.303 e. The lowest BCUT2D eigenvalue weighted by molar-refractivity contribution is -0.136. The minimum atomic E-state index is -0.815. The highest BCUT2D eigenvalue weighted by Crippen LogP contribution is 2.15. The fourth-order valence-corrected chi connectivity index (χ4v) is 2.13. The van der Waals surface area contributed by atoms with Crippen molar-refractivity contribution in [2.45, 2.75) is 33.3 Å². The lowest BCUT2D eigenvalue weighted by Gasteiger charge is -2.11. The number of carbonyl (C=O) groups is 1. The molecule has 0 saturated carbocycles. The first-order chi connectivity index (χ1) is 10.1. The van der Waals surface area contributed by atoms with E-state index in [2.05, 4.69) is 9.97 Å². The van der Waals surface area contributed by atoms with Gasteiger partial charge in [0.15, 0.2) is 5.82 Å². The molecule has 1 aromatic carbocycles. The van der Waals surface area contributed by atoms with E-state index in [1.807, 2.05) is 44.2 Å². The zero-order valence-electron chi connectivity index (χ0n) is 12.2. The second kappa shape index (κ2) is 6.83. The molecule has 0 amide bonds. The standard InChI is InChI=1S/C16H18N2O3/c1-11-14(8-9-16(19)20)12(2)18-15(17-11)10-21-13-6-4-3-5-7-13/h3-7H,8-10H2,1-2H3,(H,19,20). The fraction of sp³-hybridized carbons (Fsp3) is 0.312. The second-order valence-electron chi connectivity index (χ2n) is 4.78. The Bertz CT molecular complexity index is 604. The highest BCUT2D eigenvalue weighted by Gasteiger charge is 2.10. The monoisotopic (exact) mass is 286 g/mol. The summed E-state index contributed by atoms with van der Waals surface area (Å²) in [6.45, 7) is 4.04. The van der Waals surface area contributed by atoms with Gasteiger partial charge >= 0.3 is 5.97 Å². The van der Waals surface area contributed by atoms with Crippen molar-refractivity contribution in [1.82, 2.24) is 9.97 Å². The number of hydrogen-bond acceptors (Lipinski definition) is 4. The molecule has 1 N–H and O–H groups in total. The van der Waals surface area contributed by atoms with Crippen LogP contribution in [0.3, 0.4) is 0 Å². The van der Waals surface area contributed by atoms with E-state index in [1.165, 1.54) is 0 Å². The number of aromatic nitrogens is 2. The maximum Gasteiger partial charge on any atom is 0.303 e. The molecule has 0 fully saturated rings. The molecule has 0 unspecified atom stereocenters. The molecule has 21 heavy (non-hydrogen) atoms. The molecular formula is C16H18N2O3. The van der Waals surface area contributed by atoms with Gasteiger partial charge in [-0.15, -0.1) is 0 Å². The number of aliphatic carboxylic acids is 1. The van der Waals surface area contributed by atoms with Gasteiger partial charge in [0.1, 0.15) is 12.4 Å². The largest absolute Gasteiger partial charge is 0.486 e. The molecule has 0 aliphatic heterocycles. The summed E-state index contributed by atoms with van der Waals surface area (Å²) in [7, 11) is 0. The summed E-state index contributed by atoms with van der Waals surface area (Å²) in [4.78, 5) is 19.5. The molecule has 0 atom stereocenters. The lowest BCUT2D eigenvalue weighted by Crippen LogP contribution is -2.09. The highest BCUT2D eigenvalue weighted by molar-refractivity contribution is 5.67. The number of aryl methyl sites for hydroxylation is 2. The molecular weight excluding hydrogens is 268 g/mol. The summed E-state index contributed by atoms with van der Waals surface area (Å²) in [5.41, 5.74) is 2.53. The van der Waals surface area contributed by atoms with Crippen LogP contribution in [0.15, 0.2) is 30.3 Å². The fourth-order valence-electron chi connectivity index (χ4n) is 2.13. The van der Waals surface area contributed by atoms with E-state index in [0.717, 1.165) is 22.7 Å². The third kappa shape index (κ3) is 4.27. The number of para-hydroxylation sites is 1. The zero-order valence-corrected chi connectivity index (χ0v) is 12.2. The molecule has 110 valence electrons. The van der Waals surface area contributed by atoms with Crippen LogP contribution in [-0.4, -0.2) is 21.0 Å². The number of rotatable bonds is 6. The Hall–Kier alpha value is -2.43. The van der Waals surface area contributed by atoms with Crippen LogP contribution < -0.4 is 4.74 Å². The molecule has 2 rings (SSSR count). The average molecular weight is 286 g/mol. The Morgan fingerprint density at radius 1 is 1.14 bits per heavy atom. The summed E-state index contributed by atoms with van der Waals surface area (Å²) < 4.78 is 5.62. The predicted molar refractivity (Wildman–Crippen MR) is 78.2 cm³/mol. The van der Waals surface area contributed by atoms with Crippen LogP contribution >= 0.6 is 0 Å². The topological polar surface area (TPSA) is 72.3 Å². The molecule has 0 radical (unpaired) electrons. The van der Waals surface area contributed by atoms with Gasteiger partial charge < -0.3 is 9.84 Å². The second-order valence-corrected chi connectivity index (χ2v) is 4.78. The molecule has 1 aromatic heterocycles. The summed E-state index contributed by atoms with van der Waals surface area (Å²) in [6, 6.07) is 9.49. The van der Waals surface area contributed by atoms with Crippen molar-refractivity contribution in [1.29, 1.82) is 0 Å². The maximum atomic E-state index is 10.7. The summed E-state index contributed by atoms with van der Waals surface area (Å²) in [5.74, 6) is 0.560. The number of carboxylic acid groups (broad SMARTS) is 1. The number of carboxylic acids is 1. The van der Waals surface area contributed by atoms with Crippen LogP contribution in [0.1, 0.15) is 29.2 Å². The normalized spacial score (nSPS) is 10.4. The Labute approximate surface area is 123 Å². The van der Waals surface area contributed by atoms with E-state index in [1.54, 1.807) is 0 Å². The Balaban J connectivity index is 2.07. The van der Waals surface area contributed by atoms with E-state index in [4.69, 9.17) is 9.84 Å². The summed E-state index contributed by atoms with van der Waals surface area (Å²) in [5, 5.41) is 8.76. The maximum absolute atomic E-state index is 10.7. The third-order valence-electron chi connectivity index (χ3n) is 3.17. The van der Waals surface area contributed by atoms with Crippen molar-refractivity contribution in [3.8, 4) is 5.75 Å². The quantitative estimate of drug-likeness (QED) is 0.884. The van der Waals surface area contributed by atoms with Crippen LogP contribution in [0.2, 0.25) is 0 Å². The van der Waals surface area contributed by atoms with Gasteiger partial charge in [0.25, 0.3) is 0 Å². The molecule has 0 aliphatic carbocycles. The third-order valence-corrected chi connectivity index (χ3v) is 3.17. The molecule has 2 aromatic rings. The Kier molecular flexibility index (Phi) is 4.87. The van der Waals surface area contributed by atoms with Gasteiger partial charge in [-0.3, -0.25) is 4.79 Å². The van der Waals surface area contributed by atoms with Gasteiger partial charge in [0.05, 0.1) is 0 Å². The summed E-state index contributed by atoms with van der Waals surface area (Å²) in [6.07, 6.45) is 0.539. The molecule has 0 bridgehead atoms. The number of benzene rings is 1.